The summed E-state index contributed by atoms with van der Waals surface area (Å²) in [4.78, 5) is 13.5. The molecule has 1 aliphatic rings. The molecule has 0 aromatic heterocycles. The number of carbonyl (C=O) groups excluding carboxylic acids is 1. The molecule has 4 nitrogen and oxygen atoms in total. The molecule has 2 unspecified atom stereocenters. The smallest absolute Gasteiger partial charge is 0.406 e. The van der Waals surface area contributed by atoms with E-state index < -0.39 is 33.9 Å². The number of anilines is 1. The Bertz CT molecular complexity index is 678. The van der Waals surface area contributed by atoms with Gasteiger partial charge < -0.3 is 9.64 Å². The highest BCUT2D eigenvalue weighted by Gasteiger charge is 2.32. The molecular weight excluding hydrogens is 404 g/mol. The van der Waals surface area contributed by atoms with E-state index in [0.29, 0.717) is 10.6 Å². The summed E-state index contributed by atoms with van der Waals surface area (Å²) in [5.74, 6) is -1.23. The minimum Gasteiger partial charge on any atom is -0.406 e. The van der Waals surface area contributed by atoms with E-state index >= 15 is 0 Å². The van der Waals surface area contributed by atoms with Gasteiger partial charge in [-0.1, -0.05) is 22.0 Å². The van der Waals surface area contributed by atoms with Crippen LogP contribution >= 0.6 is 15.9 Å². The maximum absolute atomic E-state index is 12.3. The molecule has 0 radical (unpaired) electrons. The van der Waals surface area contributed by atoms with Gasteiger partial charge in [0.15, 0.2) is 6.67 Å². The summed E-state index contributed by atoms with van der Waals surface area (Å²) in [6, 6.07) is 5.41. The van der Waals surface area contributed by atoms with Crippen molar-refractivity contribution in [1.82, 2.24) is 0 Å². The highest BCUT2D eigenvalue weighted by Crippen LogP contribution is 2.35. The second-order valence-electron chi connectivity index (χ2n) is 4.42. The van der Waals surface area contributed by atoms with Crippen LogP contribution in [0.5, 0.6) is 5.75 Å². The molecule has 0 saturated carbocycles. The van der Waals surface area contributed by atoms with Gasteiger partial charge in [0.25, 0.3) is 5.91 Å². The van der Waals surface area contributed by atoms with Crippen LogP contribution in [-0.4, -0.2) is 23.2 Å². The van der Waals surface area contributed by atoms with Gasteiger partial charge in [0.2, 0.25) is 0 Å². The predicted molar refractivity (Wildman–Crippen MR) is 82.9 cm³/mol. The van der Waals surface area contributed by atoms with Crippen LogP contribution in [0.3, 0.4) is 0 Å². The summed E-state index contributed by atoms with van der Waals surface area (Å²) in [5.41, 5.74) is 0.422. The highest BCUT2D eigenvalue weighted by atomic mass is 79.9. The zero-order valence-corrected chi connectivity index (χ0v) is 14.1. The molecule has 1 heterocycles. The fourth-order valence-corrected chi connectivity index (χ4v) is 4.77. The van der Waals surface area contributed by atoms with Gasteiger partial charge in [-0.15, -0.1) is 13.2 Å². The van der Waals surface area contributed by atoms with Crippen LogP contribution in [0, 0.1) is 0 Å². The molecule has 1 aromatic rings. The van der Waals surface area contributed by atoms with Crippen molar-refractivity contribution in [3.63, 3.8) is 0 Å². The van der Waals surface area contributed by atoms with E-state index in [2.05, 4.69) is 25.0 Å². The lowest BCUT2D eigenvalue weighted by molar-refractivity contribution is -0.274. The van der Waals surface area contributed by atoms with E-state index in [4.69, 9.17) is 0 Å². The topological polar surface area (TPSA) is 41.9 Å². The molecule has 1 amide bonds. The lowest BCUT2D eigenvalue weighted by Crippen LogP contribution is -2.24. The van der Waals surface area contributed by atoms with Crippen LogP contribution in [0.25, 0.3) is 0 Å². The van der Waals surface area contributed by atoms with Crippen LogP contribution < -0.4 is 9.64 Å². The van der Waals surface area contributed by atoms with Crippen LogP contribution in [-0.2, 0) is 15.5 Å². The summed E-state index contributed by atoms with van der Waals surface area (Å²) >= 11 is 3.35. The Morgan fingerprint density at radius 1 is 1.48 bits per heavy atom. The zero-order valence-electron chi connectivity index (χ0n) is 11.7. The Hall–Kier alpha value is -1.42. The van der Waals surface area contributed by atoms with Gasteiger partial charge in [-0.2, -0.15) is 4.36 Å². The molecule has 0 aliphatic carbocycles. The van der Waals surface area contributed by atoms with E-state index in [1.807, 2.05) is 0 Å². The number of allylic oxidation sites excluding steroid dienone is 1. The maximum Gasteiger partial charge on any atom is 0.573 e. The number of nitrogens with zero attached hydrogens (tertiary/aromatic N) is 2. The number of carbonyl (C=O) groups is 1. The molecule has 0 bridgehead atoms. The number of alkyl halides is 5. The van der Waals surface area contributed by atoms with E-state index in [1.54, 1.807) is 24.1 Å². The minimum absolute atomic E-state index is 0.357. The number of rotatable bonds is 3. The number of halogens is 5. The molecule has 0 fully saturated rings. The van der Waals surface area contributed by atoms with Gasteiger partial charge >= 0.3 is 6.36 Å². The van der Waals surface area contributed by atoms with Crippen LogP contribution in [0.1, 0.15) is 6.92 Å². The van der Waals surface area contributed by atoms with Crippen molar-refractivity contribution < 1.29 is 27.1 Å². The summed E-state index contributed by atoms with van der Waals surface area (Å²) < 4.78 is 56.3. The van der Waals surface area contributed by atoms with E-state index in [0.717, 1.165) is 0 Å². The lowest BCUT2D eigenvalue weighted by Gasteiger charge is -2.22. The fourth-order valence-electron chi connectivity index (χ4n) is 1.85. The summed E-state index contributed by atoms with van der Waals surface area (Å²) in [5, 5.41) is 0. The number of hydrogen-bond donors (Lipinski definition) is 0. The molecule has 0 saturated heterocycles. The van der Waals surface area contributed by atoms with Crippen LogP contribution in [0.15, 0.2) is 39.7 Å². The number of ether oxygens (including phenoxy) is 1. The van der Waals surface area contributed by atoms with E-state index in [9.17, 15) is 22.4 Å². The van der Waals surface area contributed by atoms with E-state index in [-0.39, 0.29) is 5.75 Å². The molecule has 1 aliphatic heterocycles. The first-order valence-corrected chi connectivity index (χ1v) is 8.37. The predicted octanol–water partition coefficient (Wildman–Crippen LogP) is 4.24. The Balaban J connectivity index is 2.28. The normalized spacial score (nSPS) is 21.5. The van der Waals surface area contributed by atoms with Gasteiger partial charge in [0.05, 0.1) is 0 Å². The molecule has 2 rings (SSSR count). The first-order valence-electron chi connectivity index (χ1n) is 6.21. The maximum atomic E-state index is 12.3. The van der Waals surface area contributed by atoms with Gasteiger partial charge in [0.1, 0.15) is 10.0 Å². The molecule has 126 valence electrons. The van der Waals surface area contributed by atoms with Gasteiger partial charge in [-0.05, 0) is 29.7 Å². The Morgan fingerprint density at radius 3 is 2.78 bits per heavy atom. The van der Waals surface area contributed by atoms with Crippen LogP contribution in [0.2, 0.25) is 0 Å². The average molecular weight is 415 g/mol. The highest BCUT2D eigenvalue weighted by molar-refractivity contribution is 9.11. The van der Waals surface area contributed by atoms with Gasteiger partial charge in [-0.3, -0.25) is 4.79 Å². The second kappa shape index (κ2) is 7.00. The molecule has 0 N–H and O–H groups in total. The third-order valence-corrected chi connectivity index (χ3v) is 5.98. The molecule has 23 heavy (non-hydrogen) atoms. The SMILES string of the molecule is CC1=CN(c2cccc(OC(F)(F)F)c2)C(Br)S1=NC(=O)CF. The third kappa shape index (κ3) is 4.54. The van der Waals surface area contributed by atoms with Crippen molar-refractivity contribution in [3.8, 4) is 5.75 Å². The van der Waals surface area contributed by atoms with Crippen molar-refractivity contribution in [2.75, 3.05) is 11.6 Å². The number of amides is 1. The van der Waals surface area contributed by atoms with Crippen LogP contribution in [0.4, 0.5) is 23.2 Å². The summed E-state index contributed by atoms with van der Waals surface area (Å²) in [7, 11) is -0.927. The lowest BCUT2D eigenvalue weighted by atomic mass is 10.3. The Labute approximate surface area is 140 Å². The summed E-state index contributed by atoms with van der Waals surface area (Å²) in [6.45, 7) is 0.522. The average Bonchev–Trinajstić information content (AvgIpc) is 2.73. The zero-order chi connectivity index (χ0) is 17.2. The van der Waals surface area contributed by atoms with Crippen molar-refractivity contribution in [2.45, 2.75) is 17.6 Å². The quantitative estimate of drug-likeness (QED) is 0.421. The molecule has 2 atom stereocenters. The first kappa shape index (κ1) is 17.9. The first-order chi connectivity index (χ1) is 10.7. The number of hydrogen-bond acceptors (Lipinski definition) is 3. The Kier molecular flexibility index (Phi) is 5.45. The van der Waals surface area contributed by atoms with Gasteiger partial charge in [-0.25, -0.2) is 4.39 Å². The minimum atomic E-state index is -4.78. The molecule has 10 heteroatoms. The fraction of sp³-hybridized carbons (Fsp3) is 0.308. The second-order valence-corrected chi connectivity index (χ2v) is 7.79. The van der Waals surface area contributed by atoms with Crippen molar-refractivity contribution >= 4 is 38.2 Å². The number of benzene rings is 1. The third-order valence-electron chi connectivity index (χ3n) is 2.72. The molecule has 1 aromatic carbocycles. The molecule has 0 spiro atoms. The van der Waals surface area contributed by atoms with Crippen molar-refractivity contribution in [2.24, 2.45) is 4.36 Å². The standard InChI is InChI=1S/C13H11BrF4N2O2S/c1-8-7-20(12(14)23(8)19-11(21)6-15)9-3-2-4-10(5-9)22-13(16,17)18/h2-5,7,12H,6H2,1H3. The van der Waals surface area contributed by atoms with E-state index in [1.165, 1.54) is 18.2 Å². The molecular formula is C13H11BrF4N2O2S. The van der Waals surface area contributed by atoms with Crippen molar-refractivity contribution in [1.29, 1.82) is 0 Å². The Morgan fingerprint density at radius 2 is 2.17 bits per heavy atom. The monoisotopic (exact) mass is 414 g/mol. The van der Waals surface area contributed by atoms with Gasteiger partial charge in [0, 0.05) is 22.9 Å². The summed E-state index contributed by atoms with van der Waals surface area (Å²) in [6.07, 6.45) is -3.14. The largest absolute Gasteiger partial charge is 0.573 e. The van der Waals surface area contributed by atoms with Crippen molar-refractivity contribution in [3.05, 3.63) is 35.4 Å².